The minimum atomic E-state index is -0.281. The lowest BCUT2D eigenvalue weighted by Gasteiger charge is -2.36. The highest BCUT2D eigenvalue weighted by atomic mass is 19.1. The van der Waals surface area contributed by atoms with E-state index in [4.69, 9.17) is 5.41 Å². The van der Waals surface area contributed by atoms with Gasteiger partial charge in [-0.3, -0.25) is 10.1 Å². The number of rotatable bonds is 6. The first-order valence-electron chi connectivity index (χ1n) is 11.5. The molecule has 4 aromatic rings. The lowest BCUT2D eigenvalue weighted by Crippen LogP contribution is -2.49. The molecular formula is C26H26FN9. The third-order valence-electron chi connectivity index (χ3n) is 6.19. The molecule has 1 aliphatic heterocycles. The van der Waals surface area contributed by atoms with Crippen LogP contribution in [0.1, 0.15) is 16.8 Å². The molecule has 5 rings (SSSR count). The Kier molecular flexibility index (Phi) is 6.40. The van der Waals surface area contributed by atoms with E-state index < -0.39 is 0 Å². The molecule has 2 N–H and O–H groups in total. The fourth-order valence-corrected chi connectivity index (χ4v) is 4.22. The highest BCUT2D eigenvalue weighted by Gasteiger charge is 2.23. The summed E-state index contributed by atoms with van der Waals surface area (Å²) in [6.07, 6.45) is 10.3. The first-order chi connectivity index (χ1) is 17.5. The van der Waals surface area contributed by atoms with E-state index >= 15 is 0 Å². The molecule has 36 heavy (non-hydrogen) atoms. The third-order valence-corrected chi connectivity index (χ3v) is 6.19. The molecule has 1 aliphatic rings. The Labute approximate surface area is 208 Å². The molecule has 0 spiro atoms. The number of aliphatic imine (C=N–C) groups is 1. The van der Waals surface area contributed by atoms with Crippen molar-refractivity contribution in [2.24, 2.45) is 12.0 Å². The summed E-state index contributed by atoms with van der Waals surface area (Å²) in [5, 5.41) is 11.8. The van der Waals surface area contributed by atoms with Gasteiger partial charge in [0.2, 0.25) is 5.95 Å². The first kappa shape index (κ1) is 23.2. The van der Waals surface area contributed by atoms with E-state index in [-0.39, 0.29) is 5.82 Å². The van der Waals surface area contributed by atoms with Gasteiger partial charge in [-0.05, 0) is 29.3 Å². The van der Waals surface area contributed by atoms with Crippen molar-refractivity contribution < 1.29 is 4.39 Å². The molecule has 1 aromatic carbocycles. The highest BCUT2D eigenvalue weighted by Crippen LogP contribution is 2.23. The number of hydrogen-bond donors (Lipinski definition) is 2. The minimum absolute atomic E-state index is 0.281. The second kappa shape index (κ2) is 9.95. The fourth-order valence-electron chi connectivity index (χ4n) is 4.22. The Balaban J connectivity index is 1.24. The summed E-state index contributed by atoms with van der Waals surface area (Å²) in [5.74, 6) is 1.09. The average molecular weight is 484 g/mol. The lowest BCUT2D eigenvalue weighted by molar-refractivity contribution is 0.383. The van der Waals surface area contributed by atoms with E-state index in [2.05, 4.69) is 41.4 Å². The maximum Gasteiger partial charge on any atom is 0.225 e. The van der Waals surface area contributed by atoms with Gasteiger partial charge in [0.25, 0.3) is 0 Å². The van der Waals surface area contributed by atoms with Gasteiger partial charge in [0.1, 0.15) is 12.2 Å². The fraction of sp³-hybridized carbons (Fsp3) is 0.192. The van der Waals surface area contributed by atoms with E-state index in [0.717, 1.165) is 45.7 Å². The summed E-state index contributed by atoms with van der Waals surface area (Å²) in [4.78, 5) is 21.0. The number of halogens is 1. The van der Waals surface area contributed by atoms with Gasteiger partial charge in [0, 0.05) is 74.7 Å². The van der Waals surface area contributed by atoms with Gasteiger partial charge in [-0.25, -0.2) is 19.4 Å². The zero-order valence-electron chi connectivity index (χ0n) is 19.9. The van der Waals surface area contributed by atoms with E-state index in [0.29, 0.717) is 32.1 Å². The van der Waals surface area contributed by atoms with Crippen LogP contribution < -0.4 is 4.90 Å². The van der Waals surface area contributed by atoms with Crippen molar-refractivity contribution in [3.8, 4) is 11.1 Å². The van der Waals surface area contributed by atoms with Gasteiger partial charge >= 0.3 is 0 Å². The number of nitrogens with zero attached hydrogens (tertiary/aromatic N) is 7. The van der Waals surface area contributed by atoms with Gasteiger partial charge in [-0.1, -0.05) is 18.7 Å². The highest BCUT2D eigenvalue weighted by molar-refractivity contribution is 6.01. The van der Waals surface area contributed by atoms with E-state index in [1.54, 1.807) is 29.2 Å². The number of benzene rings is 1. The molecule has 0 atom stereocenters. The zero-order valence-corrected chi connectivity index (χ0v) is 19.9. The summed E-state index contributed by atoms with van der Waals surface area (Å²) >= 11 is 0. The number of hydrogen-bond acceptors (Lipinski definition) is 5. The van der Waals surface area contributed by atoms with E-state index in [1.165, 1.54) is 12.1 Å². The molecule has 0 unspecified atom stereocenters. The van der Waals surface area contributed by atoms with Crippen LogP contribution in [0, 0.1) is 11.2 Å². The van der Waals surface area contributed by atoms with Crippen molar-refractivity contribution in [3.63, 3.8) is 0 Å². The Hall–Kier alpha value is -4.60. The standard InChI is InChI=1S/C26H26FN9/c1-18(19-3-5-23(27)6-4-19)21-13-30-26(31-14-21)36-9-7-35(8-10-36)25(32-17-28)24-11-20(12-29-24)22-15-33-34(2)16-22/h3-6,11-17,28-29H,1,7-10H2,2H3/b28-17?,32-25+. The Bertz CT molecular complexity index is 1390. The Morgan fingerprint density at radius 3 is 2.42 bits per heavy atom. The summed E-state index contributed by atoms with van der Waals surface area (Å²) in [5.41, 5.74) is 5.25. The quantitative estimate of drug-likeness (QED) is 0.322. The Morgan fingerprint density at radius 1 is 1.06 bits per heavy atom. The van der Waals surface area contributed by atoms with Gasteiger partial charge in [-0.15, -0.1) is 0 Å². The minimum Gasteiger partial charge on any atom is -0.358 e. The van der Waals surface area contributed by atoms with Crippen molar-refractivity contribution in [2.45, 2.75) is 0 Å². The van der Waals surface area contributed by atoms with E-state index in [9.17, 15) is 4.39 Å². The molecule has 0 amide bonds. The molecular weight excluding hydrogens is 457 g/mol. The maximum absolute atomic E-state index is 13.2. The molecule has 9 nitrogen and oxygen atoms in total. The Morgan fingerprint density at radius 2 is 1.78 bits per heavy atom. The van der Waals surface area contributed by atoms with Gasteiger partial charge < -0.3 is 14.8 Å². The van der Waals surface area contributed by atoms with Crippen molar-refractivity contribution >= 4 is 23.7 Å². The van der Waals surface area contributed by atoms with Gasteiger partial charge in [0.15, 0.2) is 5.84 Å². The summed E-state index contributed by atoms with van der Waals surface area (Å²) < 4.78 is 15.0. The van der Waals surface area contributed by atoms with Crippen LogP contribution in [0.3, 0.4) is 0 Å². The molecule has 10 heteroatoms. The van der Waals surface area contributed by atoms with Gasteiger partial charge in [0.05, 0.1) is 11.9 Å². The number of aryl methyl sites for hydroxylation is 1. The predicted octanol–water partition coefficient (Wildman–Crippen LogP) is 3.58. The number of piperazine rings is 1. The number of aromatic amines is 1. The molecule has 1 fully saturated rings. The molecule has 0 bridgehead atoms. The molecule has 1 saturated heterocycles. The molecule has 182 valence electrons. The number of aromatic nitrogens is 5. The smallest absolute Gasteiger partial charge is 0.225 e. The summed E-state index contributed by atoms with van der Waals surface area (Å²) in [7, 11) is 1.89. The van der Waals surface area contributed by atoms with Crippen LogP contribution in [0.2, 0.25) is 0 Å². The molecule has 0 saturated carbocycles. The summed E-state index contributed by atoms with van der Waals surface area (Å²) in [6.45, 7) is 6.95. The average Bonchev–Trinajstić information content (AvgIpc) is 3.57. The van der Waals surface area contributed by atoms with Crippen LogP contribution in [0.15, 0.2) is 72.9 Å². The van der Waals surface area contributed by atoms with Crippen LogP contribution in [0.25, 0.3) is 16.7 Å². The van der Waals surface area contributed by atoms with Crippen LogP contribution in [-0.2, 0) is 7.05 Å². The third kappa shape index (κ3) is 4.78. The molecule has 4 heterocycles. The second-order valence-corrected chi connectivity index (χ2v) is 8.52. The topological polar surface area (TPSA) is 102 Å². The van der Waals surface area contributed by atoms with Crippen LogP contribution in [0.5, 0.6) is 0 Å². The largest absolute Gasteiger partial charge is 0.358 e. The summed E-state index contributed by atoms with van der Waals surface area (Å²) in [6, 6.07) is 8.25. The van der Waals surface area contributed by atoms with E-state index in [1.807, 2.05) is 31.7 Å². The van der Waals surface area contributed by atoms with Gasteiger partial charge in [-0.2, -0.15) is 5.10 Å². The van der Waals surface area contributed by atoms with Crippen molar-refractivity contribution in [2.75, 3.05) is 31.1 Å². The van der Waals surface area contributed by atoms with Crippen molar-refractivity contribution in [1.29, 1.82) is 5.41 Å². The molecule has 0 aliphatic carbocycles. The molecule has 0 radical (unpaired) electrons. The van der Waals surface area contributed by atoms with Crippen LogP contribution in [-0.4, -0.2) is 68.0 Å². The first-order valence-corrected chi connectivity index (χ1v) is 11.5. The number of amidine groups is 1. The predicted molar refractivity (Wildman–Crippen MR) is 139 cm³/mol. The van der Waals surface area contributed by atoms with Crippen LogP contribution in [0.4, 0.5) is 10.3 Å². The SMILES string of the molecule is C=C(c1ccc(F)cc1)c1cnc(N2CCN(/C(=N/C=N)c3cc(-c4cnn(C)c4)c[nH]3)CC2)nc1. The lowest BCUT2D eigenvalue weighted by atomic mass is 10.0. The number of nitrogens with one attached hydrogen (secondary N) is 2. The second-order valence-electron chi connectivity index (χ2n) is 8.52. The zero-order chi connectivity index (χ0) is 25.1. The number of H-pyrrole nitrogens is 1. The van der Waals surface area contributed by atoms with Crippen molar-refractivity contribution in [3.05, 3.63) is 90.5 Å². The normalized spacial score (nSPS) is 14.2. The monoisotopic (exact) mass is 483 g/mol. The molecule has 3 aromatic heterocycles. The van der Waals surface area contributed by atoms with Crippen molar-refractivity contribution in [1.82, 2.24) is 29.6 Å². The van der Waals surface area contributed by atoms with Crippen LogP contribution >= 0.6 is 0 Å². The number of anilines is 1. The maximum atomic E-state index is 13.2.